The van der Waals surface area contributed by atoms with Crippen molar-refractivity contribution in [3.05, 3.63) is 0 Å². The van der Waals surface area contributed by atoms with Crippen LogP contribution < -0.4 is 0 Å². The maximum absolute atomic E-state index is 5.69. The van der Waals surface area contributed by atoms with Crippen LogP contribution in [0.5, 0.6) is 0 Å². The molecule has 0 aromatic heterocycles. The van der Waals surface area contributed by atoms with Crippen molar-refractivity contribution in [1.82, 2.24) is 3.94 Å². The SMILES string of the molecule is C[PH+](C)CCCC(C)(C)N(Cl)Cl. The highest BCUT2D eigenvalue weighted by atomic mass is 35.5. The number of hydrogen-bond acceptors (Lipinski definition) is 1. The summed E-state index contributed by atoms with van der Waals surface area (Å²) in [5, 5.41) is 0. The summed E-state index contributed by atoms with van der Waals surface area (Å²) in [6, 6.07) is 0. The third-order valence-corrected chi connectivity index (χ3v) is 4.19. The zero-order valence-corrected chi connectivity index (χ0v) is 10.8. The molecule has 0 amide bonds. The highest BCUT2D eigenvalue weighted by Gasteiger charge is 2.24. The summed E-state index contributed by atoms with van der Waals surface area (Å²) in [7, 11) is -0.0868. The Kier molecular flexibility index (Phi) is 6.10. The van der Waals surface area contributed by atoms with Gasteiger partial charge in [-0.1, -0.05) is 0 Å². The molecule has 0 saturated carbocycles. The molecule has 0 atom stereocenters. The molecule has 0 aromatic carbocycles. The van der Waals surface area contributed by atoms with Crippen LogP contribution >= 0.6 is 31.5 Å². The molecule has 0 bridgehead atoms. The molecule has 0 heterocycles. The Balaban J connectivity index is 3.61. The topological polar surface area (TPSA) is 3.24 Å². The maximum Gasteiger partial charge on any atom is 0.0567 e. The van der Waals surface area contributed by atoms with E-state index in [0.29, 0.717) is 0 Å². The first-order chi connectivity index (χ1) is 5.36. The van der Waals surface area contributed by atoms with Gasteiger partial charge < -0.3 is 0 Å². The van der Waals surface area contributed by atoms with Crippen molar-refractivity contribution in [3.8, 4) is 0 Å². The Labute approximate surface area is 87.4 Å². The van der Waals surface area contributed by atoms with Crippen molar-refractivity contribution in [2.45, 2.75) is 32.2 Å². The van der Waals surface area contributed by atoms with E-state index >= 15 is 0 Å². The first-order valence-electron chi connectivity index (χ1n) is 4.27. The number of rotatable bonds is 5. The molecule has 0 fully saturated rings. The lowest BCUT2D eigenvalue weighted by atomic mass is 10.0. The van der Waals surface area contributed by atoms with E-state index in [0.717, 1.165) is 6.42 Å². The second-order valence-corrected chi connectivity index (χ2v) is 7.87. The molecule has 0 saturated heterocycles. The van der Waals surface area contributed by atoms with E-state index < -0.39 is 0 Å². The van der Waals surface area contributed by atoms with Crippen molar-refractivity contribution in [1.29, 1.82) is 0 Å². The van der Waals surface area contributed by atoms with Gasteiger partial charge in [0.1, 0.15) is 0 Å². The normalized spacial score (nSPS) is 13.0. The van der Waals surface area contributed by atoms with Gasteiger partial charge in [0.05, 0.1) is 6.16 Å². The molecule has 0 aliphatic carbocycles. The van der Waals surface area contributed by atoms with E-state index in [2.05, 4.69) is 27.2 Å². The van der Waals surface area contributed by atoms with Crippen molar-refractivity contribution in [3.63, 3.8) is 0 Å². The molecular weight excluding hydrogens is 212 g/mol. The zero-order chi connectivity index (χ0) is 9.78. The number of nitrogens with zero attached hydrogens (tertiary/aromatic N) is 1. The van der Waals surface area contributed by atoms with Crippen LogP contribution in [0.4, 0.5) is 0 Å². The molecule has 4 heteroatoms. The van der Waals surface area contributed by atoms with Crippen LogP contribution in [0, 0.1) is 0 Å². The van der Waals surface area contributed by atoms with E-state index in [4.69, 9.17) is 23.6 Å². The van der Waals surface area contributed by atoms with Gasteiger partial charge in [0.15, 0.2) is 0 Å². The van der Waals surface area contributed by atoms with Gasteiger partial charge in [-0.3, -0.25) is 0 Å². The minimum absolute atomic E-state index is 0.0829. The molecule has 74 valence electrons. The highest BCUT2D eigenvalue weighted by Crippen LogP contribution is 2.30. The summed E-state index contributed by atoms with van der Waals surface area (Å²) in [5.41, 5.74) is -0.0829. The fourth-order valence-corrected chi connectivity index (χ4v) is 2.01. The van der Waals surface area contributed by atoms with Crippen LogP contribution in [0.15, 0.2) is 0 Å². The zero-order valence-electron chi connectivity index (χ0n) is 8.32. The molecule has 0 radical (unpaired) electrons. The molecule has 0 rings (SSSR count). The van der Waals surface area contributed by atoms with Gasteiger partial charge in [-0.05, 0) is 58.2 Å². The third kappa shape index (κ3) is 5.59. The van der Waals surface area contributed by atoms with Gasteiger partial charge in [-0.2, -0.15) is 0 Å². The average molecular weight is 231 g/mol. The highest BCUT2D eigenvalue weighted by molar-refractivity contribution is 7.55. The molecular formula is C8H19Cl2NP+. The lowest BCUT2D eigenvalue weighted by molar-refractivity contribution is 0.325. The van der Waals surface area contributed by atoms with Crippen LogP contribution in [0.1, 0.15) is 26.7 Å². The van der Waals surface area contributed by atoms with E-state index in [1.165, 1.54) is 16.5 Å². The van der Waals surface area contributed by atoms with Crippen LogP contribution in [0.25, 0.3) is 0 Å². The Morgan fingerprint density at radius 2 is 1.75 bits per heavy atom. The van der Waals surface area contributed by atoms with Crippen LogP contribution in [0.2, 0.25) is 0 Å². The lowest BCUT2D eigenvalue weighted by Gasteiger charge is -2.26. The summed E-state index contributed by atoms with van der Waals surface area (Å²) < 4.78 is 1.27. The number of halogens is 2. The minimum atomic E-state index is -0.0868. The maximum atomic E-state index is 5.69. The molecule has 1 nitrogen and oxygen atoms in total. The van der Waals surface area contributed by atoms with E-state index in [1.54, 1.807) is 0 Å². The Bertz CT molecular complexity index is 126. The van der Waals surface area contributed by atoms with Gasteiger partial charge in [0.2, 0.25) is 0 Å². The predicted molar refractivity (Wildman–Crippen MR) is 61.9 cm³/mol. The monoisotopic (exact) mass is 230 g/mol. The second kappa shape index (κ2) is 5.65. The summed E-state index contributed by atoms with van der Waals surface area (Å²) in [6.07, 6.45) is 3.63. The van der Waals surface area contributed by atoms with Crippen LogP contribution in [0.3, 0.4) is 0 Å². The molecule has 0 spiro atoms. The van der Waals surface area contributed by atoms with E-state index in [1.807, 2.05) is 0 Å². The van der Waals surface area contributed by atoms with Crippen LogP contribution in [-0.4, -0.2) is 29.0 Å². The molecule has 12 heavy (non-hydrogen) atoms. The summed E-state index contributed by atoms with van der Waals surface area (Å²) in [5.74, 6) is 0. The van der Waals surface area contributed by atoms with Crippen LogP contribution in [-0.2, 0) is 0 Å². The molecule has 0 N–H and O–H groups in total. The molecule has 0 aliphatic heterocycles. The summed E-state index contributed by atoms with van der Waals surface area (Å²) in [4.78, 5) is 0. The summed E-state index contributed by atoms with van der Waals surface area (Å²) >= 11 is 11.4. The Hall–Kier alpha value is 0.970. The van der Waals surface area contributed by atoms with Crippen molar-refractivity contribution in [2.75, 3.05) is 19.5 Å². The fourth-order valence-electron chi connectivity index (χ4n) is 0.959. The molecule has 0 aliphatic rings. The average Bonchev–Trinajstić information content (AvgIpc) is 1.85. The quantitative estimate of drug-likeness (QED) is 0.515. The van der Waals surface area contributed by atoms with Gasteiger partial charge in [0, 0.05) is 18.9 Å². The standard InChI is InChI=1S/C8H18Cl2NP/c1-8(2,11(9)10)6-5-7-12(3)4/h5-7H2,1-4H3/p+1. The van der Waals surface area contributed by atoms with Crippen molar-refractivity contribution in [2.24, 2.45) is 0 Å². The first-order valence-corrected chi connectivity index (χ1v) is 7.65. The van der Waals surface area contributed by atoms with Gasteiger partial charge in [-0.15, -0.1) is 3.94 Å². The lowest BCUT2D eigenvalue weighted by Crippen LogP contribution is -2.30. The van der Waals surface area contributed by atoms with Crippen molar-refractivity contribution >= 4 is 31.5 Å². The Morgan fingerprint density at radius 1 is 1.25 bits per heavy atom. The minimum Gasteiger partial charge on any atom is -0.126 e. The van der Waals surface area contributed by atoms with E-state index in [9.17, 15) is 0 Å². The Morgan fingerprint density at radius 3 is 2.08 bits per heavy atom. The van der Waals surface area contributed by atoms with Crippen molar-refractivity contribution < 1.29 is 0 Å². The predicted octanol–water partition coefficient (Wildman–Crippen LogP) is 3.63. The van der Waals surface area contributed by atoms with Gasteiger partial charge in [-0.25, -0.2) is 0 Å². The van der Waals surface area contributed by atoms with E-state index in [-0.39, 0.29) is 13.5 Å². The fraction of sp³-hybridized carbons (Fsp3) is 1.00. The smallest absolute Gasteiger partial charge is 0.0567 e. The largest absolute Gasteiger partial charge is 0.126 e. The van der Waals surface area contributed by atoms with Gasteiger partial charge >= 0.3 is 0 Å². The molecule has 0 aromatic rings. The molecule has 0 unspecified atom stereocenters. The second-order valence-electron chi connectivity index (χ2n) is 4.11. The number of hydrogen-bond donors (Lipinski definition) is 0. The first kappa shape index (κ1) is 13.0. The summed E-state index contributed by atoms with van der Waals surface area (Å²) in [6.45, 7) is 8.78. The third-order valence-electron chi connectivity index (χ3n) is 1.92. The van der Waals surface area contributed by atoms with Gasteiger partial charge in [0.25, 0.3) is 0 Å².